The SMILES string of the molecule is O=P([O-])([O-])[O-].[Li+].[Li+].[Li+].[Li+].[Li+].[Mn+2].[O]=[Mn](=[O])([O-])[O-].[O]=[Mn](=[O])([O-])[O-]. The topological polar surface area (TPSA) is 247 Å². The Morgan fingerprint density at radius 3 is 0.571 bits per heavy atom. The molecular weight excluding hydrogens is 422 g/mol. The van der Waals surface area contributed by atoms with E-state index in [4.69, 9.17) is 51.3 Å². The summed E-state index contributed by atoms with van der Waals surface area (Å²) in [7, 11) is -5.39. The fourth-order valence-electron chi connectivity index (χ4n) is 0. The summed E-state index contributed by atoms with van der Waals surface area (Å²) in [5, 5.41) is 0. The Hall–Kier alpha value is 3.70. The van der Waals surface area contributed by atoms with Gasteiger partial charge >= 0.3 is 170 Å². The standard InChI is InChI=1S/5Li.3Mn.H3O4P.8O/c;;;;;;;;1-5(2,3)4;;;;;;;;/h;;;;;;;;(H3,1,2,3,4);;;;;;;;/q5*+1;;;+2;;;;;;4*-1/p-3. The van der Waals surface area contributed by atoms with Gasteiger partial charge in [-0.1, -0.05) is 0 Å². The molecule has 0 aromatic heterocycles. The Balaban J connectivity index is -0.0000000129. The number of hydrogen-bond acceptors (Lipinski definition) is 12. The summed E-state index contributed by atoms with van der Waals surface area (Å²) in [5.74, 6) is 0. The van der Waals surface area contributed by atoms with Crippen molar-refractivity contribution < 1.29 is 189 Å². The predicted octanol–water partition coefficient (Wildman–Crippen LogP) is -23.0. The summed E-state index contributed by atoms with van der Waals surface area (Å²) in [6, 6.07) is 0. The molecule has 103 valence electrons. The molecule has 0 amide bonds. The van der Waals surface area contributed by atoms with Crippen molar-refractivity contribution in [1.29, 1.82) is 0 Å². The molecule has 1 radical (unpaired) electrons. The Bertz CT molecular complexity index is 340. The summed E-state index contributed by atoms with van der Waals surface area (Å²) < 4.78 is 77.2. The van der Waals surface area contributed by atoms with Gasteiger partial charge in [0.15, 0.2) is 0 Å². The molecule has 12 nitrogen and oxygen atoms in total. The van der Waals surface area contributed by atoms with Crippen molar-refractivity contribution in [3.8, 4) is 0 Å². The molecule has 0 aliphatic carbocycles. The molecule has 0 fully saturated rings. The fraction of sp³-hybridized carbons (Fsp3) is 0. The van der Waals surface area contributed by atoms with Crippen LogP contribution in [0.15, 0.2) is 0 Å². The van der Waals surface area contributed by atoms with Gasteiger partial charge in [0.1, 0.15) is 0 Å². The maximum absolute atomic E-state index is 8.58. The van der Waals surface area contributed by atoms with E-state index in [1.54, 1.807) is 0 Å². The summed E-state index contributed by atoms with van der Waals surface area (Å²) >= 11 is -11.2. The Kier molecular flexibility index (Phi) is 69.5. The van der Waals surface area contributed by atoms with Crippen LogP contribution in [-0.4, -0.2) is 0 Å². The summed E-state index contributed by atoms with van der Waals surface area (Å²) in [5.41, 5.74) is 0. The van der Waals surface area contributed by atoms with E-state index in [-0.39, 0.29) is 111 Å². The second kappa shape index (κ2) is 25.9. The molecular formula is Li5Mn3O12P. The number of hydrogen-bond donors (Lipinski definition) is 0. The Morgan fingerprint density at radius 2 is 0.571 bits per heavy atom. The molecule has 0 atom stereocenters. The number of rotatable bonds is 0. The van der Waals surface area contributed by atoms with Gasteiger partial charge in [0, 0.05) is 0 Å². The van der Waals surface area contributed by atoms with Crippen LogP contribution in [0.1, 0.15) is 0 Å². The number of phosphoric acid groups is 1. The van der Waals surface area contributed by atoms with Crippen molar-refractivity contribution in [1.82, 2.24) is 0 Å². The van der Waals surface area contributed by atoms with Gasteiger partial charge in [0.05, 0.1) is 0 Å². The third kappa shape index (κ3) is 817. The molecule has 21 heavy (non-hydrogen) atoms. The van der Waals surface area contributed by atoms with Crippen LogP contribution in [0.2, 0.25) is 0 Å². The van der Waals surface area contributed by atoms with Crippen molar-refractivity contribution in [3.05, 3.63) is 0 Å². The van der Waals surface area contributed by atoms with Crippen LogP contribution < -0.4 is 126 Å². The van der Waals surface area contributed by atoms with Gasteiger partial charge in [-0.15, -0.1) is 0 Å². The van der Waals surface area contributed by atoms with Gasteiger partial charge in [-0.05, 0) is 0 Å². The molecule has 0 saturated carbocycles. The Labute approximate surface area is 194 Å². The zero-order valence-corrected chi connectivity index (χ0v) is 15.9. The van der Waals surface area contributed by atoms with E-state index < -0.39 is 34.6 Å². The second-order valence-corrected chi connectivity index (χ2v) is 4.46. The van der Waals surface area contributed by atoms with Crippen LogP contribution in [0.25, 0.3) is 0 Å². The molecule has 0 aromatic carbocycles. The average molecular weight is 422 g/mol. The van der Waals surface area contributed by atoms with Gasteiger partial charge < -0.3 is 19.2 Å². The second-order valence-electron chi connectivity index (χ2n) is 1.20. The van der Waals surface area contributed by atoms with Crippen molar-refractivity contribution in [2.24, 2.45) is 0 Å². The third-order valence-electron chi connectivity index (χ3n) is 0. The fourth-order valence-corrected chi connectivity index (χ4v) is 0. The van der Waals surface area contributed by atoms with Crippen LogP contribution in [0.3, 0.4) is 0 Å². The molecule has 0 aromatic rings. The van der Waals surface area contributed by atoms with Gasteiger partial charge in [-0.3, -0.25) is 0 Å². The summed E-state index contributed by atoms with van der Waals surface area (Å²) in [6.45, 7) is 0. The molecule has 0 heterocycles. The van der Waals surface area contributed by atoms with Crippen LogP contribution >= 0.6 is 7.82 Å². The van der Waals surface area contributed by atoms with Crippen LogP contribution in [0.4, 0.5) is 0 Å². The van der Waals surface area contributed by atoms with E-state index in [0.717, 1.165) is 0 Å². The normalized spacial score (nSPS) is 8.33. The molecule has 0 spiro atoms. The van der Waals surface area contributed by atoms with E-state index in [0.29, 0.717) is 0 Å². The Morgan fingerprint density at radius 1 is 0.571 bits per heavy atom. The van der Waals surface area contributed by atoms with E-state index >= 15 is 0 Å². The van der Waals surface area contributed by atoms with Gasteiger partial charge in [0.2, 0.25) is 0 Å². The van der Waals surface area contributed by atoms with Crippen LogP contribution in [-0.2, 0) is 63.7 Å². The van der Waals surface area contributed by atoms with E-state index in [1.165, 1.54) is 0 Å². The van der Waals surface area contributed by atoms with E-state index in [2.05, 4.69) is 0 Å². The van der Waals surface area contributed by atoms with Crippen molar-refractivity contribution in [2.45, 2.75) is 0 Å². The van der Waals surface area contributed by atoms with Crippen molar-refractivity contribution >= 4 is 7.82 Å². The molecule has 0 bridgehead atoms. The first-order valence-electron chi connectivity index (χ1n) is 1.96. The molecule has 0 saturated heterocycles. The van der Waals surface area contributed by atoms with Gasteiger partial charge in [-0.2, -0.15) is 7.82 Å². The van der Waals surface area contributed by atoms with Crippen molar-refractivity contribution in [2.75, 3.05) is 0 Å². The van der Waals surface area contributed by atoms with E-state index in [1.807, 2.05) is 0 Å². The third-order valence-corrected chi connectivity index (χ3v) is 0. The molecule has 0 aliphatic heterocycles. The van der Waals surface area contributed by atoms with Crippen LogP contribution in [0.5, 0.6) is 0 Å². The zero-order chi connectivity index (χ0) is 13.5. The molecule has 0 unspecified atom stereocenters. The van der Waals surface area contributed by atoms with Crippen molar-refractivity contribution in [3.63, 3.8) is 0 Å². The monoisotopic (exact) mass is 423 g/mol. The average Bonchev–Trinajstić information content (AvgIpc) is 1.41. The minimum absolute atomic E-state index is 0. The molecule has 0 aliphatic rings. The summed E-state index contributed by atoms with van der Waals surface area (Å²) in [4.78, 5) is 25.6. The molecule has 0 N–H and O–H groups in total. The molecule has 21 heteroatoms. The van der Waals surface area contributed by atoms with Crippen LogP contribution in [0, 0.1) is 0 Å². The predicted molar refractivity (Wildman–Crippen MR) is 10.4 cm³/mol. The first-order valence-corrected chi connectivity index (χ1v) is 7.28. The van der Waals surface area contributed by atoms with Gasteiger partial charge in [0.25, 0.3) is 0 Å². The van der Waals surface area contributed by atoms with Gasteiger partial charge in [-0.25, -0.2) is 0 Å². The van der Waals surface area contributed by atoms with E-state index in [9.17, 15) is 0 Å². The quantitative estimate of drug-likeness (QED) is 0.260. The molecule has 0 rings (SSSR count). The maximum atomic E-state index is 8.58. The zero-order valence-electron chi connectivity index (χ0n) is 11.5. The summed E-state index contributed by atoms with van der Waals surface area (Å²) in [6.07, 6.45) is 0. The minimum atomic E-state index is -5.62. The first kappa shape index (κ1) is 56.3. The first-order chi connectivity index (χ1) is 6.00.